The van der Waals surface area contributed by atoms with Gasteiger partial charge in [0.2, 0.25) is 11.5 Å². The quantitative estimate of drug-likeness (QED) is 0.540. The fraction of sp³-hybridized carbons (Fsp3) is 0.368. The minimum Gasteiger partial charge on any atom is -0.355 e. The number of carbonyl (C=O) groups is 1. The Kier molecular flexibility index (Phi) is 3.86. The summed E-state index contributed by atoms with van der Waals surface area (Å²) in [6.07, 6.45) is 5.91. The van der Waals surface area contributed by atoms with E-state index in [1.807, 2.05) is 23.6 Å². The normalized spacial score (nSPS) is 15.0. The zero-order chi connectivity index (χ0) is 18.4. The first-order valence-electron chi connectivity index (χ1n) is 8.90. The summed E-state index contributed by atoms with van der Waals surface area (Å²) in [5.41, 5.74) is 8.60. The van der Waals surface area contributed by atoms with Gasteiger partial charge in [-0.15, -0.1) is 0 Å². The number of hydrogen-bond acceptors (Lipinski definition) is 4. The topological polar surface area (TPSA) is 93.4 Å². The van der Waals surface area contributed by atoms with E-state index in [2.05, 4.69) is 5.32 Å². The van der Waals surface area contributed by atoms with Crippen LogP contribution in [0.4, 0.5) is 5.82 Å². The van der Waals surface area contributed by atoms with Gasteiger partial charge in [0.05, 0.1) is 6.04 Å². The molecule has 3 heterocycles. The van der Waals surface area contributed by atoms with Crippen LogP contribution < -0.4 is 21.2 Å². The third-order valence-electron chi connectivity index (χ3n) is 5.20. The van der Waals surface area contributed by atoms with Crippen LogP contribution in [0.1, 0.15) is 47.6 Å². The standard InChI is InChI=1S/C19H21N5O2/c1-11-7-8-15-22-17-14(19(26)23(15)10-11)9-13(18(25)21-2)16(20)24(17)12-5-3-4-6-12/h7-10,12,20H,3-6H2,1-2H3,(H,21,25)/p+1. The second-order valence-corrected chi connectivity index (χ2v) is 6.92. The molecule has 0 atom stereocenters. The van der Waals surface area contributed by atoms with Gasteiger partial charge in [-0.25, -0.2) is 4.57 Å². The maximum atomic E-state index is 13.1. The highest BCUT2D eigenvalue weighted by Crippen LogP contribution is 2.28. The summed E-state index contributed by atoms with van der Waals surface area (Å²) < 4.78 is 3.43. The van der Waals surface area contributed by atoms with Gasteiger partial charge in [-0.05, 0) is 50.3 Å². The van der Waals surface area contributed by atoms with Crippen LogP contribution in [0.15, 0.2) is 29.2 Å². The molecule has 0 unspecified atom stereocenters. The maximum absolute atomic E-state index is 13.1. The van der Waals surface area contributed by atoms with Gasteiger partial charge in [0, 0.05) is 13.2 Å². The van der Waals surface area contributed by atoms with Crippen LogP contribution in [-0.2, 0) is 0 Å². The molecule has 1 saturated carbocycles. The largest absolute Gasteiger partial charge is 0.355 e. The molecule has 3 N–H and O–H groups in total. The lowest BCUT2D eigenvalue weighted by molar-refractivity contribution is -0.685. The van der Waals surface area contributed by atoms with Crippen LogP contribution in [0.2, 0.25) is 0 Å². The van der Waals surface area contributed by atoms with Gasteiger partial charge >= 0.3 is 0 Å². The molecule has 1 aliphatic rings. The first kappa shape index (κ1) is 16.5. The molecule has 26 heavy (non-hydrogen) atoms. The number of rotatable bonds is 2. The zero-order valence-electron chi connectivity index (χ0n) is 15.0. The fourth-order valence-corrected chi connectivity index (χ4v) is 3.87. The number of nitrogens with zero attached hydrogens (tertiary/aromatic N) is 3. The first-order chi connectivity index (χ1) is 12.5. The highest BCUT2D eigenvalue weighted by Gasteiger charge is 2.30. The minimum atomic E-state index is -0.301. The van der Waals surface area contributed by atoms with Crippen molar-refractivity contribution in [1.82, 2.24) is 14.7 Å². The predicted molar refractivity (Wildman–Crippen MR) is 99.2 cm³/mol. The Hall–Kier alpha value is -2.96. The Morgan fingerprint density at radius 3 is 2.77 bits per heavy atom. The summed E-state index contributed by atoms with van der Waals surface area (Å²) in [7, 11) is 1.56. The van der Waals surface area contributed by atoms with E-state index in [4.69, 9.17) is 10.7 Å². The molecule has 0 bridgehead atoms. The molecule has 7 heteroatoms. The number of nitrogens with one attached hydrogen (secondary N) is 1. The van der Waals surface area contributed by atoms with Crippen molar-refractivity contribution in [2.75, 3.05) is 12.8 Å². The lowest BCUT2D eigenvalue weighted by atomic mass is 10.1. The van der Waals surface area contributed by atoms with E-state index in [-0.39, 0.29) is 17.5 Å². The number of hydrogen-bond donors (Lipinski definition) is 2. The van der Waals surface area contributed by atoms with E-state index in [9.17, 15) is 9.59 Å². The van der Waals surface area contributed by atoms with Crippen molar-refractivity contribution >= 4 is 28.4 Å². The molecule has 4 rings (SSSR count). The number of nitrogen functional groups attached to an aromatic ring is 1. The molecule has 0 radical (unpaired) electrons. The predicted octanol–water partition coefficient (Wildman–Crippen LogP) is 1.50. The average Bonchev–Trinajstić information content (AvgIpc) is 3.16. The number of nitrogens with two attached hydrogens (primary N) is 1. The Bertz CT molecular complexity index is 1100. The van der Waals surface area contributed by atoms with Crippen molar-refractivity contribution < 1.29 is 9.36 Å². The van der Waals surface area contributed by atoms with Crippen molar-refractivity contribution in [3.05, 3.63) is 45.9 Å². The lowest BCUT2D eigenvalue weighted by Crippen LogP contribution is -2.45. The Morgan fingerprint density at radius 1 is 1.35 bits per heavy atom. The van der Waals surface area contributed by atoms with Crippen LogP contribution in [0.25, 0.3) is 16.7 Å². The third-order valence-corrected chi connectivity index (χ3v) is 5.20. The number of carbonyl (C=O) groups excluding carboxylic acids is 1. The Morgan fingerprint density at radius 2 is 2.08 bits per heavy atom. The van der Waals surface area contributed by atoms with Crippen molar-refractivity contribution in [3.8, 4) is 0 Å². The molecule has 0 aromatic carbocycles. The van der Waals surface area contributed by atoms with E-state index >= 15 is 0 Å². The van der Waals surface area contributed by atoms with Gasteiger partial charge in [0.25, 0.3) is 17.1 Å². The Labute approximate surface area is 150 Å². The number of amides is 1. The maximum Gasteiger partial charge on any atom is 0.278 e. The van der Waals surface area contributed by atoms with Crippen molar-refractivity contribution in [2.24, 2.45) is 0 Å². The molecule has 0 spiro atoms. The van der Waals surface area contributed by atoms with Gasteiger partial charge in [-0.3, -0.25) is 14.0 Å². The molecule has 1 amide bonds. The van der Waals surface area contributed by atoms with E-state index in [0.717, 1.165) is 31.2 Å². The van der Waals surface area contributed by atoms with Gasteiger partial charge in [-0.2, -0.15) is 0 Å². The monoisotopic (exact) mass is 352 g/mol. The molecule has 1 fully saturated rings. The lowest BCUT2D eigenvalue weighted by Gasteiger charge is -2.16. The second-order valence-electron chi connectivity index (χ2n) is 6.92. The van der Waals surface area contributed by atoms with Crippen molar-refractivity contribution in [2.45, 2.75) is 38.6 Å². The van der Waals surface area contributed by atoms with Gasteiger partial charge in [0.1, 0.15) is 10.9 Å². The fourth-order valence-electron chi connectivity index (χ4n) is 3.87. The molecule has 3 aromatic rings. The summed E-state index contributed by atoms with van der Waals surface area (Å²) >= 11 is 0. The molecule has 0 aliphatic heterocycles. The number of anilines is 1. The van der Waals surface area contributed by atoms with Gasteiger partial charge < -0.3 is 11.1 Å². The van der Waals surface area contributed by atoms with Crippen LogP contribution >= 0.6 is 0 Å². The van der Waals surface area contributed by atoms with Crippen LogP contribution in [0.5, 0.6) is 0 Å². The van der Waals surface area contributed by atoms with E-state index in [1.54, 1.807) is 19.3 Å². The van der Waals surface area contributed by atoms with Crippen LogP contribution in [0.3, 0.4) is 0 Å². The number of pyridine rings is 2. The summed E-state index contributed by atoms with van der Waals surface area (Å²) in [6.45, 7) is 1.92. The summed E-state index contributed by atoms with van der Waals surface area (Å²) in [5.74, 6) is 0.0667. The molecule has 7 nitrogen and oxygen atoms in total. The van der Waals surface area contributed by atoms with E-state index in [1.165, 1.54) is 4.40 Å². The number of aromatic nitrogens is 3. The molecular formula is C19H22N5O2+. The summed E-state index contributed by atoms with van der Waals surface area (Å²) in [6, 6.07) is 5.48. The van der Waals surface area contributed by atoms with Crippen molar-refractivity contribution in [1.29, 1.82) is 0 Å². The number of fused-ring (bicyclic) bond motifs is 2. The van der Waals surface area contributed by atoms with Crippen molar-refractivity contribution in [3.63, 3.8) is 0 Å². The highest BCUT2D eigenvalue weighted by atomic mass is 16.1. The number of aryl methyl sites for hydroxylation is 1. The third kappa shape index (κ3) is 2.42. The van der Waals surface area contributed by atoms with Gasteiger partial charge in [0.15, 0.2) is 0 Å². The zero-order valence-corrected chi connectivity index (χ0v) is 15.0. The minimum absolute atomic E-state index is 0.155. The smallest absolute Gasteiger partial charge is 0.278 e. The highest BCUT2D eigenvalue weighted by molar-refractivity contribution is 6.00. The molecule has 3 aromatic heterocycles. The molecular weight excluding hydrogens is 330 g/mol. The molecule has 1 aliphatic carbocycles. The Balaban J connectivity index is 2.15. The van der Waals surface area contributed by atoms with Crippen LogP contribution in [0, 0.1) is 6.92 Å². The SMILES string of the molecule is CNC(=O)c1cc2c(=O)n3cc(C)ccc3nc2[n+](C2CCCC2)c1N. The average molecular weight is 352 g/mol. The van der Waals surface area contributed by atoms with E-state index in [0.29, 0.717) is 28.1 Å². The first-order valence-corrected chi connectivity index (χ1v) is 8.90. The molecule has 134 valence electrons. The van der Waals surface area contributed by atoms with Gasteiger partial charge in [-0.1, -0.05) is 11.1 Å². The summed E-state index contributed by atoms with van der Waals surface area (Å²) in [5, 5.41) is 3.02. The molecule has 0 saturated heterocycles. The second kappa shape index (κ2) is 6.09. The van der Waals surface area contributed by atoms with Crippen LogP contribution in [-0.4, -0.2) is 22.3 Å². The summed E-state index contributed by atoms with van der Waals surface area (Å²) in [4.78, 5) is 30.2. The van der Waals surface area contributed by atoms with E-state index < -0.39 is 0 Å².